The maximum Gasteiger partial charge on any atom is 0.335 e. The number of rotatable bonds is 5. The van der Waals surface area contributed by atoms with Gasteiger partial charge >= 0.3 is 5.97 Å². The van der Waals surface area contributed by atoms with Gasteiger partial charge in [0.25, 0.3) is 0 Å². The van der Waals surface area contributed by atoms with E-state index in [0.29, 0.717) is 5.69 Å². The molecular weight excluding hydrogens is 340 g/mol. The van der Waals surface area contributed by atoms with Gasteiger partial charge in [0.2, 0.25) is 10.0 Å². The minimum atomic E-state index is -3.75. The van der Waals surface area contributed by atoms with Crippen LogP contribution in [0.15, 0.2) is 23.1 Å². The molecule has 1 saturated carbocycles. The minimum absolute atomic E-state index is 0.00442. The summed E-state index contributed by atoms with van der Waals surface area (Å²) in [6, 6.07) is 4.38. The molecule has 0 amide bonds. The SMILES string of the molecule is O=C(O)c1ccc(N2CCCCC2)c(S(=O)(=O)NC2CCCCC2)c1. The number of anilines is 1. The van der Waals surface area contributed by atoms with Gasteiger partial charge in [-0.05, 0) is 50.3 Å². The molecule has 2 aliphatic rings. The van der Waals surface area contributed by atoms with Crippen molar-refractivity contribution in [1.29, 1.82) is 0 Å². The average Bonchev–Trinajstić information content (AvgIpc) is 2.62. The number of benzene rings is 1. The Morgan fingerprint density at radius 3 is 2.32 bits per heavy atom. The quantitative estimate of drug-likeness (QED) is 0.836. The van der Waals surface area contributed by atoms with Crippen molar-refractivity contribution in [3.05, 3.63) is 23.8 Å². The topological polar surface area (TPSA) is 86.7 Å². The third-order valence-corrected chi connectivity index (χ3v) is 6.67. The third kappa shape index (κ3) is 4.33. The van der Waals surface area contributed by atoms with E-state index in [2.05, 4.69) is 9.62 Å². The van der Waals surface area contributed by atoms with Gasteiger partial charge in [-0.1, -0.05) is 19.3 Å². The largest absolute Gasteiger partial charge is 0.478 e. The predicted octanol–water partition coefficient (Wildman–Crippen LogP) is 2.99. The average molecular weight is 366 g/mol. The maximum absolute atomic E-state index is 13.0. The van der Waals surface area contributed by atoms with E-state index in [-0.39, 0.29) is 16.5 Å². The maximum atomic E-state index is 13.0. The van der Waals surface area contributed by atoms with Crippen LogP contribution >= 0.6 is 0 Å². The zero-order valence-electron chi connectivity index (χ0n) is 14.4. The standard InChI is InChI=1S/C18H26N2O4S/c21-18(22)14-9-10-16(20-11-5-2-6-12-20)17(13-14)25(23,24)19-15-7-3-1-4-8-15/h9-10,13,15,19H,1-8,11-12H2,(H,21,22). The number of carboxylic acid groups (broad SMARTS) is 1. The Labute approximate surface area is 149 Å². The normalized spacial score (nSPS) is 19.8. The van der Waals surface area contributed by atoms with Crippen molar-refractivity contribution in [1.82, 2.24) is 4.72 Å². The molecule has 2 N–H and O–H groups in total. The zero-order chi connectivity index (χ0) is 17.9. The molecule has 0 spiro atoms. The summed E-state index contributed by atoms with van der Waals surface area (Å²) in [5, 5.41) is 9.27. The molecule has 0 radical (unpaired) electrons. The van der Waals surface area contributed by atoms with Crippen molar-refractivity contribution in [3.63, 3.8) is 0 Å². The molecule has 3 rings (SSSR count). The monoisotopic (exact) mass is 366 g/mol. The highest BCUT2D eigenvalue weighted by atomic mass is 32.2. The van der Waals surface area contributed by atoms with Crippen molar-refractivity contribution in [3.8, 4) is 0 Å². The number of carboxylic acids is 1. The molecule has 7 heteroatoms. The van der Waals surface area contributed by atoms with Gasteiger partial charge in [0, 0.05) is 19.1 Å². The van der Waals surface area contributed by atoms with Crippen LogP contribution in [0.3, 0.4) is 0 Å². The van der Waals surface area contributed by atoms with E-state index < -0.39 is 16.0 Å². The van der Waals surface area contributed by atoms with E-state index in [1.54, 1.807) is 6.07 Å². The van der Waals surface area contributed by atoms with Gasteiger partial charge in [-0.25, -0.2) is 17.9 Å². The summed E-state index contributed by atoms with van der Waals surface area (Å²) >= 11 is 0. The van der Waals surface area contributed by atoms with Crippen LogP contribution in [0.1, 0.15) is 61.7 Å². The molecular formula is C18H26N2O4S. The lowest BCUT2D eigenvalue weighted by Gasteiger charge is -2.31. The van der Waals surface area contributed by atoms with Gasteiger partial charge < -0.3 is 10.0 Å². The Hall–Kier alpha value is -1.60. The van der Waals surface area contributed by atoms with Crippen molar-refractivity contribution in [2.75, 3.05) is 18.0 Å². The van der Waals surface area contributed by atoms with E-state index in [9.17, 15) is 18.3 Å². The lowest BCUT2D eigenvalue weighted by molar-refractivity contribution is 0.0696. The second-order valence-corrected chi connectivity index (χ2v) is 8.67. The number of carbonyl (C=O) groups is 1. The van der Waals surface area contributed by atoms with Crippen LogP contribution in [0, 0.1) is 0 Å². The van der Waals surface area contributed by atoms with E-state index in [0.717, 1.165) is 64.5 Å². The molecule has 1 aliphatic carbocycles. The Bertz CT molecular complexity index is 721. The van der Waals surface area contributed by atoms with Gasteiger partial charge in [0.05, 0.1) is 11.3 Å². The molecule has 1 aromatic rings. The van der Waals surface area contributed by atoms with Gasteiger partial charge in [-0.3, -0.25) is 0 Å². The number of sulfonamides is 1. The second-order valence-electron chi connectivity index (χ2n) is 6.99. The second kappa shape index (κ2) is 7.74. The zero-order valence-corrected chi connectivity index (χ0v) is 15.2. The Morgan fingerprint density at radius 2 is 1.68 bits per heavy atom. The van der Waals surface area contributed by atoms with E-state index in [4.69, 9.17) is 0 Å². The van der Waals surface area contributed by atoms with Crippen molar-refractivity contribution in [2.24, 2.45) is 0 Å². The van der Waals surface area contributed by atoms with Crippen LogP contribution in [0.25, 0.3) is 0 Å². The van der Waals surface area contributed by atoms with Crippen LogP contribution in [0.4, 0.5) is 5.69 Å². The molecule has 0 aromatic heterocycles. The summed E-state index contributed by atoms with van der Waals surface area (Å²) < 4.78 is 28.8. The van der Waals surface area contributed by atoms with Crippen LogP contribution in [0.2, 0.25) is 0 Å². The lowest BCUT2D eigenvalue weighted by atomic mass is 9.96. The number of hydrogen-bond acceptors (Lipinski definition) is 4. The number of nitrogens with zero attached hydrogens (tertiary/aromatic N) is 1. The van der Waals surface area contributed by atoms with Gasteiger partial charge in [-0.2, -0.15) is 0 Å². The molecule has 1 aromatic carbocycles. The molecule has 1 heterocycles. The minimum Gasteiger partial charge on any atom is -0.478 e. The first kappa shape index (κ1) is 18.2. The highest BCUT2D eigenvalue weighted by Crippen LogP contribution is 2.30. The van der Waals surface area contributed by atoms with Crippen LogP contribution in [0.5, 0.6) is 0 Å². The Morgan fingerprint density at radius 1 is 1.04 bits per heavy atom. The fourth-order valence-electron chi connectivity index (χ4n) is 3.76. The molecule has 0 bridgehead atoms. The molecule has 6 nitrogen and oxygen atoms in total. The lowest BCUT2D eigenvalue weighted by Crippen LogP contribution is -2.38. The van der Waals surface area contributed by atoms with Crippen molar-refractivity contribution < 1.29 is 18.3 Å². The fraction of sp³-hybridized carbons (Fsp3) is 0.611. The molecule has 1 aliphatic heterocycles. The fourth-order valence-corrected chi connectivity index (χ4v) is 5.32. The summed E-state index contributed by atoms with van der Waals surface area (Å²) in [5.41, 5.74) is 0.623. The predicted molar refractivity (Wildman–Crippen MR) is 96.7 cm³/mol. The highest BCUT2D eigenvalue weighted by Gasteiger charge is 2.27. The smallest absolute Gasteiger partial charge is 0.335 e. The molecule has 2 fully saturated rings. The molecule has 0 unspecified atom stereocenters. The van der Waals surface area contributed by atoms with Crippen molar-refractivity contribution >= 4 is 21.7 Å². The number of hydrogen-bond donors (Lipinski definition) is 2. The van der Waals surface area contributed by atoms with Crippen LogP contribution < -0.4 is 9.62 Å². The van der Waals surface area contributed by atoms with Gasteiger partial charge in [0.1, 0.15) is 4.90 Å². The summed E-state index contributed by atoms with van der Waals surface area (Å²) in [6.45, 7) is 1.61. The van der Waals surface area contributed by atoms with Crippen LogP contribution in [-0.2, 0) is 10.0 Å². The summed E-state index contributed by atoms with van der Waals surface area (Å²) in [7, 11) is -3.75. The first-order valence-corrected chi connectivity index (χ1v) is 10.6. The van der Waals surface area contributed by atoms with E-state index >= 15 is 0 Å². The molecule has 1 saturated heterocycles. The van der Waals surface area contributed by atoms with Crippen LogP contribution in [-0.4, -0.2) is 38.6 Å². The van der Waals surface area contributed by atoms with Gasteiger partial charge in [0.15, 0.2) is 0 Å². The third-order valence-electron chi connectivity index (χ3n) is 5.12. The van der Waals surface area contributed by atoms with Gasteiger partial charge in [-0.15, -0.1) is 0 Å². The van der Waals surface area contributed by atoms with E-state index in [1.807, 2.05) is 0 Å². The summed E-state index contributed by atoms with van der Waals surface area (Å²) in [6.07, 6.45) is 8.08. The summed E-state index contributed by atoms with van der Waals surface area (Å²) in [4.78, 5) is 13.5. The number of nitrogens with one attached hydrogen (secondary N) is 1. The molecule has 0 atom stereocenters. The van der Waals surface area contributed by atoms with E-state index in [1.165, 1.54) is 12.1 Å². The molecule has 138 valence electrons. The first-order valence-electron chi connectivity index (χ1n) is 9.12. The number of aromatic carboxylic acids is 1. The Kier molecular flexibility index (Phi) is 5.64. The number of piperidine rings is 1. The van der Waals surface area contributed by atoms with Crippen molar-refractivity contribution in [2.45, 2.75) is 62.3 Å². The highest BCUT2D eigenvalue weighted by molar-refractivity contribution is 7.89. The first-order chi connectivity index (χ1) is 12.0. The molecule has 25 heavy (non-hydrogen) atoms. The Balaban J connectivity index is 1.95. The summed E-state index contributed by atoms with van der Waals surface area (Å²) in [5.74, 6) is -1.11.